The number of ketones is 1. The zero-order chi connectivity index (χ0) is 13.1. The molecule has 0 aliphatic rings. The fraction of sp³-hybridized carbons (Fsp3) is 0.0769. The average molecular weight is 326 g/mol. The van der Waals surface area contributed by atoms with Crippen molar-refractivity contribution in [2.45, 2.75) is 4.83 Å². The van der Waals surface area contributed by atoms with Crippen molar-refractivity contribution in [3.05, 3.63) is 58.7 Å². The number of aromatic nitrogens is 1. The van der Waals surface area contributed by atoms with Gasteiger partial charge in [-0.05, 0) is 42.0 Å². The summed E-state index contributed by atoms with van der Waals surface area (Å²) in [6.45, 7) is 0. The van der Waals surface area contributed by atoms with Crippen LogP contribution in [0, 0.1) is 0 Å². The first-order valence-electron chi connectivity index (χ1n) is 5.23. The molecule has 1 aromatic carbocycles. The summed E-state index contributed by atoms with van der Waals surface area (Å²) in [6.07, 6.45) is 1.58. The molecule has 1 aromatic heterocycles. The van der Waals surface area contributed by atoms with E-state index < -0.39 is 4.83 Å². The zero-order valence-corrected chi connectivity index (χ0v) is 11.6. The minimum Gasteiger partial charge on any atom is -0.384 e. The fourth-order valence-electron chi connectivity index (χ4n) is 1.54. The van der Waals surface area contributed by atoms with Gasteiger partial charge in [-0.1, -0.05) is 27.5 Å². The van der Waals surface area contributed by atoms with Gasteiger partial charge in [0.1, 0.15) is 10.6 Å². The maximum atomic E-state index is 12.2. The summed E-state index contributed by atoms with van der Waals surface area (Å²) < 4.78 is 0. The molecule has 0 spiro atoms. The molecule has 0 bridgehead atoms. The first kappa shape index (κ1) is 13.1. The number of hydrogen-bond donors (Lipinski definition) is 1. The highest BCUT2D eigenvalue weighted by Crippen LogP contribution is 2.28. The summed E-state index contributed by atoms with van der Waals surface area (Å²) in [6, 6.07) is 10.2. The maximum absolute atomic E-state index is 12.2. The van der Waals surface area contributed by atoms with Crippen LogP contribution in [-0.4, -0.2) is 10.8 Å². The van der Waals surface area contributed by atoms with Crippen molar-refractivity contribution in [3.63, 3.8) is 0 Å². The Bertz CT molecular complexity index is 571. The number of rotatable bonds is 3. The van der Waals surface area contributed by atoms with E-state index in [1.165, 1.54) is 0 Å². The largest absolute Gasteiger partial charge is 0.384 e. The molecule has 0 saturated heterocycles. The Hall–Kier alpha value is -1.39. The fourth-order valence-corrected chi connectivity index (χ4v) is 2.21. The number of hydrogen-bond acceptors (Lipinski definition) is 3. The standard InChI is InChI=1S/C13H10BrClN2O/c14-12(9-5-6-17-11(16)7-9)13(18)8-1-3-10(15)4-2-8/h1-7,12H,(H2,16,17)/t12-/m1/s1. The second-order valence-electron chi connectivity index (χ2n) is 3.75. The van der Waals surface area contributed by atoms with Crippen LogP contribution in [0.2, 0.25) is 5.02 Å². The number of Topliss-reactive ketones (excluding diaryl/α,β-unsaturated/α-hetero) is 1. The number of halogens is 2. The molecule has 0 unspecified atom stereocenters. The topological polar surface area (TPSA) is 56.0 Å². The number of anilines is 1. The Labute approximate surface area is 118 Å². The molecule has 18 heavy (non-hydrogen) atoms. The SMILES string of the molecule is Nc1cc([C@@H](Br)C(=O)c2ccc(Cl)cc2)ccn1. The highest BCUT2D eigenvalue weighted by molar-refractivity contribution is 9.09. The number of carbonyl (C=O) groups is 1. The summed E-state index contributed by atoms with van der Waals surface area (Å²) >= 11 is 9.16. The number of pyridine rings is 1. The summed E-state index contributed by atoms with van der Waals surface area (Å²) in [5, 5.41) is 0.603. The summed E-state index contributed by atoms with van der Waals surface area (Å²) in [4.78, 5) is 15.7. The van der Waals surface area contributed by atoms with Crippen molar-refractivity contribution < 1.29 is 4.79 Å². The first-order valence-corrected chi connectivity index (χ1v) is 6.52. The Morgan fingerprint density at radius 3 is 2.56 bits per heavy atom. The normalized spacial score (nSPS) is 12.1. The minimum atomic E-state index is -0.441. The number of alkyl halides is 1. The van der Waals surface area contributed by atoms with E-state index in [0.717, 1.165) is 5.56 Å². The summed E-state index contributed by atoms with van der Waals surface area (Å²) in [7, 11) is 0. The quantitative estimate of drug-likeness (QED) is 0.692. The number of nitrogen functional groups attached to an aromatic ring is 1. The average Bonchev–Trinajstić information content (AvgIpc) is 2.38. The maximum Gasteiger partial charge on any atom is 0.180 e. The molecular weight excluding hydrogens is 316 g/mol. The third kappa shape index (κ3) is 2.89. The molecule has 0 fully saturated rings. The molecule has 0 aliphatic heterocycles. The van der Waals surface area contributed by atoms with Gasteiger partial charge < -0.3 is 5.73 Å². The van der Waals surface area contributed by atoms with Crippen LogP contribution in [-0.2, 0) is 0 Å². The number of nitrogens with zero attached hydrogens (tertiary/aromatic N) is 1. The molecule has 2 aromatic rings. The zero-order valence-electron chi connectivity index (χ0n) is 9.31. The van der Waals surface area contributed by atoms with E-state index in [-0.39, 0.29) is 5.78 Å². The Morgan fingerprint density at radius 2 is 1.94 bits per heavy atom. The van der Waals surface area contributed by atoms with Crippen molar-refractivity contribution in [3.8, 4) is 0 Å². The van der Waals surface area contributed by atoms with Crippen LogP contribution in [0.1, 0.15) is 20.7 Å². The van der Waals surface area contributed by atoms with Gasteiger partial charge in [-0.25, -0.2) is 4.98 Å². The van der Waals surface area contributed by atoms with Crippen LogP contribution < -0.4 is 5.73 Å². The van der Waals surface area contributed by atoms with Gasteiger partial charge in [-0.3, -0.25) is 4.79 Å². The van der Waals surface area contributed by atoms with Crippen LogP contribution in [0.5, 0.6) is 0 Å². The number of nitrogens with two attached hydrogens (primary N) is 1. The second kappa shape index (κ2) is 5.50. The molecule has 1 heterocycles. The van der Waals surface area contributed by atoms with E-state index in [9.17, 15) is 4.79 Å². The lowest BCUT2D eigenvalue weighted by molar-refractivity contribution is 0.0991. The van der Waals surface area contributed by atoms with Crippen LogP contribution in [0.4, 0.5) is 5.82 Å². The van der Waals surface area contributed by atoms with Crippen molar-refractivity contribution in [2.75, 3.05) is 5.73 Å². The van der Waals surface area contributed by atoms with Crippen molar-refractivity contribution >= 4 is 39.1 Å². The molecule has 1 atom stereocenters. The molecule has 3 nitrogen and oxygen atoms in total. The number of benzene rings is 1. The highest BCUT2D eigenvalue weighted by Gasteiger charge is 2.19. The van der Waals surface area contributed by atoms with Gasteiger partial charge in [-0.2, -0.15) is 0 Å². The molecule has 5 heteroatoms. The lowest BCUT2D eigenvalue weighted by atomic mass is 10.0. The van der Waals surface area contributed by atoms with Gasteiger partial charge in [0.2, 0.25) is 0 Å². The molecular formula is C13H10BrClN2O. The molecule has 0 saturated carbocycles. The molecule has 92 valence electrons. The molecule has 2 rings (SSSR count). The van der Waals surface area contributed by atoms with Gasteiger partial charge >= 0.3 is 0 Å². The first-order chi connectivity index (χ1) is 8.58. The Balaban J connectivity index is 2.26. The third-order valence-corrected chi connectivity index (χ3v) is 3.65. The molecule has 0 amide bonds. The predicted octanol–water partition coefficient (Wildman–Crippen LogP) is 3.64. The van der Waals surface area contributed by atoms with E-state index in [0.29, 0.717) is 16.4 Å². The number of carbonyl (C=O) groups excluding carboxylic acids is 1. The Morgan fingerprint density at radius 1 is 1.28 bits per heavy atom. The second-order valence-corrected chi connectivity index (χ2v) is 5.10. The van der Waals surface area contributed by atoms with Crippen LogP contribution >= 0.6 is 27.5 Å². The van der Waals surface area contributed by atoms with Gasteiger partial charge in [0.05, 0.1) is 0 Å². The van der Waals surface area contributed by atoms with Crippen LogP contribution in [0.25, 0.3) is 0 Å². The molecule has 0 radical (unpaired) electrons. The lowest BCUT2D eigenvalue weighted by Gasteiger charge is -2.09. The lowest BCUT2D eigenvalue weighted by Crippen LogP contribution is -2.07. The van der Waals surface area contributed by atoms with E-state index in [4.69, 9.17) is 17.3 Å². The van der Waals surface area contributed by atoms with E-state index >= 15 is 0 Å². The van der Waals surface area contributed by atoms with Crippen molar-refractivity contribution in [2.24, 2.45) is 0 Å². The molecule has 2 N–H and O–H groups in total. The summed E-state index contributed by atoms with van der Waals surface area (Å²) in [5.41, 5.74) is 6.97. The van der Waals surface area contributed by atoms with E-state index in [1.54, 1.807) is 42.6 Å². The smallest absolute Gasteiger partial charge is 0.180 e. The Kier molecular flexibility index (Phi) is 3.99. The van der Waals surface area contributed by atoms with Crippen LogP contribution in [0.15, 0.2) is 42.6 Å². The van der Waals surface area contributed by atoms with Crippen molar-refractivity contribution in [1.82, 2.24) is 4.98 Å². The van der Waals surface area contributed by atoms with Gasteiger partial charge in [-0.15, -0.1) is 0 Å². The highest BCUT2D eigenvalue weighted by atomic mass is 79.9. The molecule has 0 aliphatic carbocycles. The van der Waals surface area contributed by atoms with Gasteiger partial charge in [0.25, 0.3) is 0 Å². The summed E-state index contributed by atoms with van der Waals surface area (Å²) in [5.74, 6) is 0.345. The van der Waals surface area contributed by atoms with Crippen LogP contribution in [0.3, 0.4) is 0 Å². The van der Waals surface area contributed by atoms with E-state index in [1.807, 2.05) is 0 Å². The van der Waals surface area contributed by atoms with Gasteiger partial charge in [0, 0.05) is 16.8 Å². The predicted molar refractivity (Wildman–Crippen MR) is 76.1 cm³/mol. The van der Waals surface area contributed by atoms with Gasteiger partial charge in [0.15, 0.2) is 5.78 Å². The minimum absolute atomic E-state index is 0.0442. The third-order valence-electron chi connectivity index (χ3n) is 2.46. The monoisotopic (exact) mass is 324 g/mol. The van der Waals surface area contributed by atoms with E-state index in [2.05, 4.69) is 20.9 Å². The van der Waals surface area contributed by atoms with Crippen molar-refractivity contribution in [1.29, 1.82) is 0 Å².